The summed E-state index contributed by atoms with van der Waals surface area (Å²) in [5, 5.41) is 0. The van der Waals surface area contributed by atoms with Crippen LogP contribution in [0.25, 0.3) is 5.70 Å². The summed E-state index contributed by atoms with van der Waals surface area (Å²) in [6, 6.07) is 10.3. The number of benzene rings is 2. The van der Waals surface area contributed by atoms with E-state index in [1.807, 2.05) is 6.08 Å². The van der Waals surface area contributed by atoms with Crippen LogP contribution >= 0.6 is 0 Å². The van der Waals surface area contributed by atoms with E-state index in [4.69, 9.17) is 18.9 Å². The smallest absolute Gasteiger partial charge is 0.573 e. The molecule has 0 bridgehead atoms. The molecular weight excluding hydrogens is 674 g/mol. The lowest BCUT2D eigenvalue weighted by atomic mass is 9.80. The number of ether oxygens (including phenoxy) is 5. The Morgan fingerprint density at radius 3 is 2.49 bits per heavy atom. The van der Waals surface area contributed by atoms with Gasteiger partial charge in [0.25, 0.3) is 0 Å². The second-order valence-corrected chi connectivity index (χ2v) is 10.9. The Bertz CT molecular complexity index is 1460. The Balaban J connectivity index is 0.00000368. The van der Waals surface area contributed by atoms with Crippen molar-refractivity contribution < 1.29 is 65.7 Å². The minimum atomic E-state index is -4.74. The molecule has 2 unspecified atom stereocenters. The van der Waals surface area contributed by atoms with Crippen molar-refractivity contribution in [3.05, 3.63) is 93.9 Å². The van der Waals surface area contributed by atoms with Gasteiger partial charge in [-0.15, -0.1) is 13.2 Å². The van der Waals surface area contributed by atoms with Crippen molar-refractivity contribution in [3.63, 3.8) is 0 Å². The van der Waals surface area contributed by atoms with Gasteiger partial charge in [0.2, 0.25) is 6.79 Å². The maximum atomic E-state index is 12.8. The summed E-state index contributed by atoms with van der Waals surface area (Å²) in [6.07, 6.45) is 7.03. The van der Waals surface area contributed by atoms with E-state index in [1.165, 1.54) is 29.0 Å². The molecule has 0 spiro atoms. The fraction of sp³-hybridized carbons (Fsp3) is 0.394. The standard InChI is InChI=1S/C33H34F3NO5.HI/c1-3-4-5-6-15-39-32-27-19-37-14-13-22-17-29-30(41-20-40-29)18-25(22)31(37)26(24(27)11-12-28(32)38-2)16-21-7-9-23(10-8-21)42-33(34,35)36;/h7-12,17-19,32H,3-6,13-16,20H2,1-2H3;1H. The van der Waals surface area contributed by atoms with Crippen LogP contribution in [-0.4, -0.2) is 39.5 Å². The van der Waals surface area contributed by atoms with Crippen LogP contribution in [-0.2, 0) is 22.3 Å². The summed E-state index contributed by atoms with van der Waals surface area (Å²) in [6.45, 7) is 3.86. The second kappa shape index (κ2) is 13.4. The van der Waals surface area contributed by atoms with Gasteiger partial charge in [0.05, 0.1) is 13.7 Å². The van der Waals surface area contributed by atoms with Gasteiger partial charge in [-0.3, -0.25) is 4.90 Å². The number of allylic oxidation sites excluding steroid dienone is 3. The summed E-state index contributed by atoms with van der Waals surface area (Å²) in [4.78, 5) is 1.21. The van der Waals surface area contributed by atoms with Crippen molar-refractivity contribution in [3.8, 4) is 17.2 Å². The maximum Gasteiger partial charge on any atom is 0.573 e. The Morgan fingerprint density at radius 2 is 1.77 bits per heavy atom. The van der Waals surface area contributed by atoms with E-state index in [0.717, 1.165) is 83.0 Å². The fourth-order valence-corrected chi connectivity index (χ4v) is 6.16. The van der Waals surface area contributed by atoms with Crippen LogP contribution in [0.15, 0.2) is 77.2 Å². The van der Waals surface area contributed by atoms with Crippen LogP contribution in [0.1, 0.15) is 49.3 Å². The summed E-state index contributed by atoms with van der Waals surface area (Å²) >= 11 is 0. The van der Waals surface area contributed by atoms with Crippen LogP contribution in [0.5, 0.6) is 17.2 Å². The third kappa shape index (κ3) is 6.76. The molecule has 3 aliphatic heterocycles. The van der Waals surface area contributed by atoms with Crippen LogP contribution in [0.2, 0.25) is 0 Å². The average molecular weight is 710 g/mol. The van der Waals surface area contributed by atoms with Gasteiger partial charge in [0, 0.05) is 36.2 Å². The predicted molar refractivity (Wildman–Crippen MR) is 151 cm³/mol. The first kappa shape index (κ1) is 31.5. The Morgan fingerprint density at radius 1 is 1.00 bits per heavy atom. The molecule has 0 saturated carbocycles. The molecule has 2 aromatic carbocycles. The van der Waals surface area contributed by atoms with Crippen molar-refractivity contribution in [2.24, 2.45) is 0 Å². The number of quaternary nitrogens is 1. The molecule has 6 nitrogen and oxygen atoms in total. The molecule has 3 heterocycles. The van der Waals surface area contributed by atoms with E-state index in [0.29, 0.717) is 13.0 Å². The Labute approximate surface area is 266 Å². The van der Waals surface area contributed by atoms with Gasteiger partial charge in [-0.1, -0.05) is 44.4 Å². The fourth-order valence-electron chi connectivity index (χ4n) is 6.16. The number of hydrogen-bond acceptors (Lipinski definition) is 5. The highest BCUT2D eigenvalue weighted by atomic mass is 127. The minimum absolute atomic E-state index is 0. The Hall–Kier alpha value is -2.96. The van der Waals surface area contributed by atoms with Gasteiger partial charge < -0.3 is 47.7 Å². The lowest BCUT2D eigenvalue weighted by Crippen LogP contribution is -3.06. The monoisotopic (exact) mass is 709 g/mol. The maximum absolute atomic E-state index is 12.8. The highest BCUT2D eigenvalue weighted by molar-refractivity contribution is 5.77. The lowest BCUT2D eigenvalue weighted by molar-refractivity contribution is -0.771. The van der Waals surface area contributed by atoms with E-state index in [1.54, 1.807) is 19.2 Å². The van der Waals surface area contributed by atoms with Crippen LogP contribution in [0.4, 0.5) is 13.2 Å². The molecule has 4 aliphatic rings. The van der Waals surface area contributed by atoms with Crippen molar-refractivity contribution in [2.75, 3.05) is 27.1 Å². The predicted octanol–water partition coefficient (Wildman–Crippen LogP) is 3.05. The first-order valence-electron chi connectivity index (χ1n) is 14.5. The first-order valence-corrected chi connectivity index (χ1v) is 14.5. The Kier molecular flexibility index (Phi) is 9.77. The van der Waals surface area contributed by atoms with Crippen molar-refractivity contribution in [1.82, 2.24) is 0 Å². The summed E-state index contributed by atoms with van der Waals surface area (Å²) in [5.74, 6) is 2.00. The van der Waals surface area contributed by atoms with Gasteiger partial charge >= 0.3 is 6.36 Å². The van der Waals surface area contributed by atoms with Gasteiger partial charge in [-0.2, -0.15) is 0 Å². The van der Waals surface area contributed by atoms with Crippen molar-refractivity contribution in [1.29, 1.82) is 0 Å². The van der Waals surface area contributed by atoms with Gasteiger partial charge in [-0.05, 0) is 53.5 Å². The van der Waals surface area contributed by atoms with Crippen LogP contribution in [0.3, 0.4) is 0 Å². The molecule has 1 N–H and O–H groups in total. The van der Waals surface area contributed by atoms with Gasteiger partial charge in [-0.25, -0.2) is 0 Å². The second-order valence-electron chi connectivity index (χ2n) is 10.9. The zero-order chi connectivity index (χ0) is 29.3. The SMILES string of the molecule is CCCCCCOC1C(OC)=CC=C2C1=C[NH+]1CCc3cc4c(cc3C1=C2Cc1ccc(OC(F)(F)F)cc1)OCO4.[I-]. The van der Waals surface area contributed by atoms with E-state index in [2.05, 4.69) is 36.1 Å². The van der Waals surface area contributed by atoms with E-state index < -0.39 is 6.36 Å². The highest BCUT2D eigenvalue weighted by Gasteiger charge is 2.40. The van der Waals surface area contributed by atoms with Gasteiger partial charge in [0.1, 0.15) is 29.5 Å². The molecule has 0 amide bonds. The molecule has 0 radical (unpaired) electrons. The number of halogens is 4. The third-order valence-corrected chi connectivity index (χ3v) is 8.13. The number of rotatable bonds is 10. The number of unbranched alkanes of at least 4 members (excludes halogenated alkanes) is 3. The molecule has 2 atom stereocenters. The van der Waals surface area contributed by atoms with Crippen LogP contribution in [0, 0.1) is 0 Å². The number of fused-ring (bicyclic) bond motifs is 5. The molecule has 1 aliphatic carbocycles. The van der Waals surface area contributed by atoms with Crippen molar-refractivity contribution >= 4 is 5.70 Å². The zero-order valence-electron chi connectivity index (χ0n) is 24.2. The van der Waals surface area contributed by atoms with Gasteiger partial charge in [0.15, 0.2) is 11.5 Å². The third-order valence-electron chi connectivity index (χ3n) is 8.13. The van der Waals surface area contributed by atoms with Crippen molar-refractivity contribution in [2.45, 2.75) is 57.9 Å². The topological polar surface area (TPSA) is 50.6 Å². The number of methoxy groups -OCH3 is 1. The number of alkyl halides is 3. The average Bonchev–Trinajstić information content (AvgIpc) is 3.43. The summed E-state index contributed by atoms with van der Waals surface area (Å²) in [5.41, 5.74) is 7.50. The molecule has 230 valence electrons. The minimum Gasteiger partial charge on any atom is -1.00 e. The summed E-state index contributed by atoms with van der Waals surface area (Å²) in [7, 11) is 1.67. The highest BCUT2D eigenvalue weighted by Crippen LogP contribution is 2.43. The molecule has 10 heteroatoms. The van der Waals surface area contributed by atoms with E-state index in [-0.39, 0.29) is 42.6 Å². The molecule has 43 heavy (non-hydrogen) atoms. The molecule has 6 rings (SSSR count). The molecular formula is C33H35F3INO5. The molecule has 0 saturated heterocycles. The van der Waals surface area contributed by atoms with Crippen LogP contribution < -0.4 is 43.1 Å². The summed E-state index contributed by atoms with van der Waals surface area (Å²) < 4.78 is 66.1. The molecule has 0 aromatic heterocycles. The normalized spacial score (nSPS) is 20.2. The van der Waals surface area contributed by atoms with E-state index in [9.17, 15) is 13.2 Å². The zero-order valence-corrected chi connectivity index (χ0v) is 26.3. The quantitative estimate of drug-likeness (QED) is 0.304. The first-order chi connectivity index (χ1) is 20.3. The largest absolute Gasteiger partial charge is 1.00 e. The molecule has 0 fully saturated rings. The van der Waals surface area contributed by atoms with E-state index >= 15 is 0 Å². The number of hydrogen-bond donors (Lipinski definition) is 1. The molecule has 2 aromatic rings. The lowest BCUT2D eigenvalue weighted by Gasteiger charge is -2.36. The number of nitrogens with one attached hydrogen (secondary N) is 1.